The second kappa shape index (κ2) is 14.1. The van der Waals surface area contributed by atoms with Crippen molar-refractivity contribution in [1.82, 2.24) is 4.57 Å². The van der Waals surface area contributed by atoms with Crippen molar-refractivity contribution >= 4 is 32.6 Å². The molecular weight excluding hydrogens is 663 g/mol. The summed E-state index contributed by atoms with van der Waals surface area (Å²) in [5.41, 5.74) is 14.9. The zero-order valence-corrected chi connectivity index (χ0v) is 30.5. The maximum absolute atomic E-state index is 2.44. The first-order valence-electron chi connectivity index (χ1n) is 19.2. The summed E-state index contributed by atoms with van der Waals surface area (Å²) in [4.78, 5) is 0. The fourth-order valence-electron chi connectivity index (χ4n) is 8.55. The van der Waals surface area contributed by atoms with E-state index in [0.29, 0.717) is 0 Å². The molecule has 9 aromatic carbocycles. The molecular formula is C54H39N. The van der Waals surface area contributed by atoms with E-state index in [4.69, 9.17) is 0 Å². The van der Waals surface area contributed by atoms with Crippen LogP contribution in [0.5, 0.6) is 0 Å². The predicted molar refractivity (Wildman–Crippen MR) is 233 cm³/mol. The lowest BCUT2D eigenvalue weighted by molar-refractivity contribution is 0.805. The van der Waals surface area contributed by atoms with Crippen LogP contribution in [0.1, 0.15) is 22.6 Å². The first-order chi connectivity index (χ1) is 27.3. The molecule has 0 bridgehead atoms. The Kier molecular flexibility index (Phi) is 8.39. The summed E-state index contributed by atoms with van der Waals surface area (Å²) in [6, 6.07) is 80.0. The molecule has 0 saturated carbocycles. The highest BCUT2D eigenvalue weighted by Crippen LogP contribution is 2.40. The Morgan fingerprint density at radius 2 is 0.927 bits per heavy atom. The Labute approximate surface area is 322 Å². The number of fused-ring (bicyclic) bond motifs is 4. The molecule has 260 valence electrons. The molecule has 55 heavy (non-hydrogen) atoms. The highest BCUT2D eigenvalue weighted by Gasteiger charge is 2.19. The van der Waals surface area contributed by atoms with Crippen LogP contribution in [0.2, 0.25) is 0 Å². The summed E-state index contributed by atoms with van der Waals surface area (Å²) < 4.78 is 2.40. The number of rotatable bonds is 8. The van der Waals surface area contributed by atoms with E-state index in [1.807, 2.05) is 0 Å². The van der Waals surface area contributed by atoms with E-state index in [0.717, 1.165) is 12.1 Å². The van der Waals surface area contributed by atoms with Crippen molar-refractivity contribution < 1.29 is 0 Å². The largest absolute Gasteiger partial charge is 0.309 e. The summed E-state index contributed by atoms with van der Waals surface area (Å²) in [7, 11) is 0. The van der Waals surface area contributed by atoms with Gasteiger partial charge in [-0.2, -0.15) is 0 Å². The molecule has 0 N–H and O–H groups in total. The molecule has 0 spiro atoms. The van der Waals surface area contributed by atoms with E-state index in [1.54, 1.807) is 0 Å². The fourth-order valence-corrected chi connectivity index (χ4v) is 8.55. The van der Waals surface area contributed by atoms with Crippen LogP contribution < -0.4 is 0 Å². The Morgan fingerprint density at radius 1 is 0.345 bits per heavy atom. The predicted octanol–water partition coefficient (Wildman–Crippen LogP) is 14.3. The van der Waals surface area contributed by atoms with Crippen LogP contribution in [0.3, 0.4) is 0 Å². The van der Waals surface area contributed by atoms with Crippen molar-refractivity contribution in [2.24, 2.45) is 0 Å². The quantitative estimate of drug-likeness (QED) is 0.149. The molecule has 1 heterocycles. The van der Waals surface area contributed by atoms with Gasteiger partial charge in [0.05, 0.1) is 11.0 Å². The molecule has 1 heteroatoms. The van der Waals surface area contributed by atoms with Crippen LogP contribution in [0.4, 0.5) is 0 Å². The minimum Gasteiger partial charge on any atom is -0.309 e. The standard InChI is InChI=1S/C54H39N/c1-3-15-40(16-4-1)51(35-38-29-31-42(32-30-38)47-26-14-20-39-19-7-8-23-46(39)47)44-33-34-48(52(37-44)41-17-5-2-6-18-41)43-21-13-22-45(36-43)55-53-27-11-9-24-49(53)50-25-10-12-28-54(50)55/h1-34,36-37,51H,35H2. The van der Waals surface area contributed by atoms with Gasteiger partial charge in [-0.15, -0.1) is 0 Å². The molecule has 0 aliphatic carbocycles. The van der Waals surface area contributed by atoms with Crippen molar-refractivity contribution in [3.8, 4) is 39.1 Å². The minimum atomic E-state index is 0.185. The number of hydrogen-bond donors (Lipinski definition) is 0. The third-order valence-electron chi connectivity index (χ3n) is 11.2. The average Bonchev–Trinajstić information content (AvgIpc) is 3.60. The molecule has 10 aromatic rings. The van der Waals surface area contributed by atoms with Gasteiger partial charge in [-0.05, 0) is 97.6 Å². The lowest BCUT2D eigenvalue weighted by atomic mass is 9.82. The van der Waals surface area contributed by atoms with Crippen LogP contribution in [-0.2, 0) is 6.42 Å². The van der Waals surface area contributed by atoms with Gasteiger partial charge in [0.2, 0.25) is 0 Å². The van der Waals surface area contributed by atoms with Gasteiger partial charge in [-0.25, -0.2) is 0 Å². The Hall–Kier alpha value is -6.96. The van der Waals surface area contributed by atoms with Crippen molar-refractivity contribution in [3.63, 3.8) is 0 Å². The molecule has 0 aliphatic rings. The topological polar surface area (TPSA) is 4.93 Å². The molecule has 10 rings (SSSR count). The zero-order chi connectivity index (χ0) is 36.6. The number of nitrogens with zero attached hydrogens (tertiary/aromatic N) is 1. The van der Waals surface area contributed by atoms with Crippen LogP contribution >= 0.6 is 0 Å². The molecule has 1 nitrogen and oxygen atoms in total. The van der Waals surface area contributed by atoms with Crippen LogP contribution in [0.15, 0.2) is 218 Å². The smallest absolute Gasteiger partial charge is 0.0541 e. The average molecular weight is 702 g/mol. The van der Waals surface area contributed by atoms with Crippen molar-refractivity contribution in [1.29, 1.82) is 0 Å². The van der Waals surface area contributed by atoms with Gasteiger partial charge in [0, 0.05) is 22.4 Å². The highest BCUT2D eigenvalue weighted by molar-refractivity contribution is 6.09. The second-order valence-electron chi connectivity index (χ2n) is 14.5. The summed E-state index contributed by atoms with van der Waals surface area (Å²) in [5.74, 6) is 0.185. The number of aromatic nitrogens is 1. The Morgan fingerprint density at radius 3 is 1.67 bits per heavy atom. The van der Waals surface area contributed by atoms with Crippen molar-refractivity contribution in [2.75, 3.05) is 0 Å². The van der Waals surface area contributed by atoms with Gasteiger partial charge < -0.3 is 4.57 Å². The van der Waals surface area contributed by atoms with Gasteiger partial charge in [0.25, 0.3) is 0 Å². The highest BCUT2D eigenvalue weighted by atomic mass is 15.0. The zero-order valence-electron chi connectivity index (χ0n) is 30.5. The van der Waals surface area contributed by atoms with Gasteiger partial charge in [0.1, 0.15) is 0 Å². The van der Waals surface area contributed by atoms with Crippen LogP contribution in [-0.4, -0.2) is 4.57 Å². The van der Waals surface area contributed by atoms with Crippen molar-refractivity contribution in [2.45, 2.75) is 12.3 Å². The lowest BCUT2D eigenvalue weighted by Crippen LogP contribution is -2.06. The molecule has 0 fully saturated rings. The molecule has 0 amide bonds. The van der Waals surface area contributed by atoms with Crippen molar-refractivity contribution in [3.05, 3.63) is 235 Å². The van der Waals surface area contributed by atoms with Crippen LogP contribution in [0, 0.1) is 0 Å². The van der Waals surface area contributed by atoms with E-state index in [-0.39, 0.29) is 5.92 Å². The minimum absolute atomic E-state index is 0.185. The summed E-state index contributed by atoms with van der Waals surface area (Å²) in [6.07, 6.45) is 0.899. The number of hydrogen-bond acceptors (Lipinski definition) is 0. The third kappa shape index (κ3) is 6.10. The normalized spacial score (nSPS) is 12.0. The molecule has 0 saturated heterocycles. The maximum Gasteiger partial charge on any atom is 0.0541 e. The van der Waals surface area contributed by atoms with Gasteiger partial charge in [-0.1, -0.05) is 188 Å². The second-order valence-corrected chi connectivity index (χ2v) is 14.5. The molecule has 1 unspecified atom stereocenters. The Bertz CT molecular complexity index is 2880. The molecule has 1 aromatic heterocycles. The third-order valence-corrected chi connectivity index (χ3v) is 11.2. The number of benzene rings is 9. The first-order valence-corrected chi connectivity index (χ1v) is 19.2. The molecule has 0 radical (unpaired) electrons. The monoisotopic (exact) mass is 701 g/mol. The Balaban J connectivity index is 1.06. The summed E-state index contributed by atoms with van der Waals surface area (Å²) in [5, 5.41) is 5.10. The lowest BCUT2D eigenvalue weighted by Gasteiger charge is -2.21. The summed E-state index contributed by atoms with van der Waals surface area (Å²) >= 11 is 0. The van der Waals surface area contributed by atoms with E-state index < -0.39 is 0 Å². The molecule has 1 atom stereocenters. The first kappa shape index (κ1) is 32.7. The maximum atomic E-state index is 2.44. The van der Waals surface area contributed by atoms with Gasteiger partial charge in [-0.3, -0.25) is 0 Å². The fraction of sp³-hybridized carbons (Fsp3) is 0.0370. The SMILES string of the molecule is c1ccc(-c2cc(C(Cc3ccc(-c4cccc5ccccc45)cc3)c3ccccc3)ccc2-c2cccc(-n3c4ccccc4c4ccccc43)c2)cc1. The summed E-state index contributed by atoms with van der Waals surface area (Å²) in [6.45, 7) is 0. The van der Waals surface area contributed by atoms with E-state index >= 15 is 0 Å². The van der Waals surface area contributed by atoms with Crippen LogP contribution in [0.25, 0.3) is 71.6 Å². The number of para-hydroxylation sites is 2. The van der Waals surface area contributed by atoms with Gasteiger partial charge >= 0.3 is 0 Å². The van der Waals surface area contributed by atoms with E-state index in [2.05, 4.69) is 223 Å². The van der Waals surface area contributed by atoms with Gasteiger partial charge in [0.15, 0.2) is 0 Å². The van der Waals surface area contributed by atoms with E-state index in [1.165, 1.54) is 82.6 Å². The molecule has 0 aliphatic heterocycles. The van der Waals surface area contributed by atoms with E-state index in [9.17, 15) is 0 Å².